The number of nitrogens with zero attached hydrogens (tertiary/aromatic N) is 1. The summed E-state index contributed by atoms with van der Waals surface area (Å²) < 4.78 is 5.07. The fourth-order valence-corrected chi connectivity index (χ4v) is 1.96. The molecule has 1 aromatic rings. The van der Waals surface area contributed by atoms with Crippen molar-refractivity contribution in [2.24, 2.45) is 11.5 Å². The summed E-state index contributed by atoms with van der Waals surface area (Å²) in [5, 5.41) is 8.61. The molecule has 0 spiro atoms. The monoisotopic (exact) mass is 273 g/mol. The number of amides is 1. The number of rotatable bonds is 7. The van der Waals surface area contributed by atoms with Crippen LogP contribution in [0.15, 0.2) is 36.9 Å². The first-order valence-electron chi connectivity index (χ1n) is 6.35. The summed E-state index contributed by atoms with van der Waals surface area (Å²) in [5.41, 5.74) is 12.7. The Kier molecular flexibility index (Phi) is 6.27. The van der Waals surface area contributed by atoms with Crippen LogP contribution in [0.2, 0.25) is 0 Å². The molecule has 5 nitrogen and oxygen atoms in total. The maximum Gasteiger partial charge on any atom is 0.405 e. The van der Waals surface area contributed by atoms with Gasteiger partial charge in [0.05, 0.1) is 12.5 Å². The highest BCUT2D eigenvalue weighted by Crippen LogP contribution is 2.23. The Bertz CT molecular complexity index is 508. The lowest BCUT2D eigenvalue weighted by Gasteiger charge is -2.17. The van der Waals surface area contributed by atoms with Gasteiger partial charge < -0.3 is 16.2 Å². The van der Waals surface area contributed by atoms with E-state index in [4.69, 9.17) is 21.5 Å². The molecule has 1 aromatic carbocycles. The molecule has 0 unspecified atom stereocenters. The van der Waals surface area contributed by atoms with Gasteiger partial charge in [-0.1, -0.05) is 30.3 Å². The van der Waals surface area contributed by atoms with E-state index in [0.29, 0.717) is 19.3 Å². The Morgan fingerprint density at radius 1 is 1.55 bits per heavy atom. The third-order valence-corrected chi connectivity index (χ3v) is 2.81. The van der Waals surface area contributed by atoms with E-state index in [1.54, 1.807) is 6.08 Å². The number of carbonyl (C=O) groups excluding carboxylic acids is 1. The highest BCUT2D eigenvalue weighted by molar-refractivity contribution is 5.65. The number of hydrogen-bond donors (Lipinski definition) is 2. The van der Waals surface area contributed by atoms with Gasteiger partial charge in [-0.2, -0.15) is 5.26 Å². The Morgan fingerprint density at radius 3 is 2.90 bits per heavy atom. The van der Waals surface area contributed by atoms with E-state index < -0.39 is 12.2 Å². The highest BCUT2D eigenvalue weighted by Gasteiger charge is 2.14. The molecule has 2 atom stereocenters. The minimum Gasteiger partial charge on any atom is -0.441 e. The minimum absolute atomic E-state index is 0.204. The maximum absolute atomic E-state index is 10.9. The topological polar surface area (TPSA) is 102 Å². The second kappa shape index (κ2) is 7.97. The molecular formula is C15H19N3O2. The number of nitriles is 1. The number of hydrogen-bond acceptors (Lipinski definition) is 4. The lowest BCUT2D eigenvalue weighted by Crippen LogP contribution is -2.22. The SMILES string of the molecule is C=CC[C@H](OC(N)=O)c1cccc(C[C@@H](N)CC#N)c1. The highest BCUT2D eigenvalue weighted by atomic mass is 16.6. The Hall–Kier alpha value is -2.32. The zero-order valence-corrected chi connectivity index (χ0v) is 11.3. The summed E-state index contributed by atoms with van der Waals surface area (Å²) in [7, 11) is 0. The van der Waals surface area contributed by atoms with Gasteiger partial charge in [0.25, 0.3) is 0 Å². The van der Waals surface area contributed by atoms with Gasteiger partial charge in [-0.05, 0) is 17.5 Å². The van der Waals surface area contributed by atoms with Gasteiger partial charge in [0.15, 0.2) is 0 Å². The molecule has 1 amide bonds. The molecule has 0 saturated heterocycles. The van der Waals surface area contributed by atoms with Gasteiger partial charge in [-0.25, -0.2) is 4.79 Å². The average molecular weight is 273 g/mol. The summed E-state index contributed by atoms with van der Waals surface area (Å²) in [4.78, 5) is 10.9. The van der Waals surface area contributed by atoms with Gasteiger partial charge in [-0.3, -0.25) is 0 Å². The van der Waals surface area contributed by atoms with Crippen LogP contribution in [0.25, 0.3) is 0 Å². The molecule has 0 fully saturated rings. The van der Waals surface area contributed by atoms with Gasteiger partial charge in [0.1, 0.15) is 6.10 Å². The minimum atomic E-state index is -0.816. The number of nitrogens with two attached hydrogens (primary N) is 2. The van der Waals surface area contributed by atoms with Gasteiger partial charge in [0, 0.05) is 12.5 Å². The first-order chi connectivity index (χ1) is 9.56. The van der Waals surface area contributed by atoms with E-state index in [0.717, 1.165) is 11.1 Å². The maximum atomic E-state index is 10.9. The third-order valence-electron chi connectivity index (χ3n) is 2.81. The fourth-order valence-electron chi connectivity index (χ4n) is 1.96. The number of benzene rings is 1. The third kappa shape index (κ3) is 5.12. The molecule has 20 heavy (non-hydrogen) atoms. The van der Waals surface area contributed by atoms with Crippen LogP contribution in [0, 0.1) is 11.3 Å². The summed E-state index contributed by atoms with van der Waals surface area (Å²) in [6.07, 6.45) is 1.79. The van der Waals surface area contributed by atoms with Crippen LogP contribution < -0.4 is 11.5 Å². The van der Waals surface area contributed by atoms with Crippen molar-refractivity contribution >= 4 is 6.09 Å². The number of ether oxygens (including phenoxy) is 1. The van der Waals surface area contributed by atoms with E-state index in [9.17, 15) is 4.79 Å². The molecule has 0 aliphatic carbocycles. The van der Waals surface area contributed by atoms with Crippen LogP contribution in [-0.2, 0) is 11.2 Å². The quantitative estimate of drug-likeness (QED) is 0.743. The van der Waals surface area contributed by atoms with Crippen LogP contribution in [0.3, 0.4) is 0 Å². The van der Waals surface area contributed by atoms with Crippen LogP contribution >= 0.6 is 0 Å². The zero-order chi connectivity index (χ0) is 15.0. The standard InChI is InChI=1S/C15H19N3O2/c1-2-4-14(20-15(18)19)12-6-3-5-11(9-12)10-13(17)7-8-16/h2-3,5-6,9,13-14H,1,4,7,10,17H2,(H2,18,19)/t13-,14-/m0/s1. The van der Waals surface area contributed by atoms with Crippen LogP contribution in [0.1, 0.15) is 30.1 Å². The van der Waals surface area contributed by atoms with Crippen LogP contribution in [0.5, 0.6) is 0 Å². The average Bonchev–Trinajstić information content (AvgIpc) is 2.38. The zero-order valence-electron chi connectivity index (χ0n) is 11.3. The Balaban J connectivity index is 2.86. The van der Waals surface area contributed by atoms with E-state index >= 15 is 0 Å². The molecule has 0 bridgehead atoms. The molecule has 106 valence electrons. The van der Waals surface area contributed by atoms with Crippen molar-refractivity contribution in [2.75, 3.05) is 0 Å². The van der Waals surface area contributed by atoms with Gasteiger partial charge >= 0.3 is 6.09 Å². The van der Waals surface area contributed by atoms with Crippen LogP contribution in [0.4, 0.5) is 4.79 Å². The summed E-state index contributed by atoms with van der Waals surface area (Å²) >= 11 is 0. The molecule has 0 heterocycles. The molecule has 1 rings (SSSR count). The van der Waals surface area contributed by atoms with E-state index in [2.05, 4.69) is 6.58 Å². The first-order valence-corrected chi connectivity index (χ1v) is 6.35. The van der Waals surface area contributed by atoms with Gasteiger partial charge in [-0.15, -0.1) is 6.58 Å². The Labute approximate surface area is 118 Å². The van der Waals surface area contributed by atoms with Crippen molar-refractivity contribution < 1.29 is 9.53 Å². The van der Waals surface area contributed by atoms with E-state index in [1.807, 2.05) is 30.3 Å². The van der Waals surface area contributed by atoms with Crippen LogP contribution in [-0.4, -0.2) is 12.1 Å². The molecule has 0 aromatic heterocycles. The fraction of sp³-hybridized carbons (Fsp3) is 0.333. The van der Waals surface area contributed by atoms with Crippen molar-refractivity contribution in [2.45, 2.75) is 31.4 Å². The number of primary amides is 1. The summed E-state index contributed by atoms with van der Waals surface area (Å²) in [5.74, 6) is 0. The summed E-state index contributed by atoms with van der Waals surface area (Å²) in [6.45, 7) is 3.64. The van der Waals surface area contributed by atoms with Crippen molar-refractivity contribution in [1.82, 2.24) is 0 Å². The Morgan fingerprint density at radius 2 is 2.30 bits per heavy atom. The largest absolute Gasteiger partial charge is 0.441 e. The lowest BCUT2D eigenvalue weighted by molar-refractivity contribution is 0.108. The van der Waals surface area contributed by atoms with Crippen molar-refractivity contribution in [3.8, 4) is 6.07 Å². The lowest BCUT2D eigenvalue weighted by atomic mass is 9.99. The van der Waals surface area contributed by atoms with Crippen molar-refractivity contribution in [3.05, 3.63) is 48.0 Å². The van der Waals surface area contributed by atoms with Crippen molar-refractivity contribution in [3.63, 3.8) is 0 Å². The molecule has 0 saturated carbocycles. The predicted molar refractivity (Wildman–Crippen MR) is 76.6 cm³/mol. The molecule has 0 radical (unpaired) electrons. The molecule has 4 N–H and O–H groups in total. The van der Waals surface area contributed by atoms with Gasteiger partial charge in [0.2, 0.25) is 0 Å². The second-order valence-electron chi connectivity index (χ2n) is 4.52. The molecule has 0 aliphatic rings. The summed E-state index contributed by atoms with van der Waals surface area (Å²) in [6, 6.07) is 9.40. The normalized spacial score (nSPS) is 13.0. The predicted octanol–water partition coefficient (Wildman–Crippen LogP) is 2.18. The molecule has 5 heteroatoms. The van der Waals surface area contributed by atoms with E-state index in [-0.39, 0.29) is 6.04 Å². The molecular weight excluding hydrogens is 254 g/mol. The van der Waals surface area contributed by atoms with E-state index in [1.165, 1.54) is 0 Å². The van der Waals surface area contributed by atoms with Crippen molar-refractivity contribution in [1.29, 1.82) is 5.26 Å². The first kappa shape index (κ1) is 15.7. The number of carbonyl (C=O) groups is 1. The second-order valence-corrected chi connectivity index (χ2v) is 4.52. The molecule has 0 aliphatic heterocycles. The smallest absolute Gasteiger partial charge is 0.405 e.